The fourth-order valence-electron chi connectivity index (χ4n) is 1.42. The van der Waals surface area contributed by atoms with Gasteiger partial charge in [0, 0.05) is 6.54 Å². The summed E-state index contributed by atoms with van der Waals surface area (Å²) in [4.78, 5) is 11.3. The Morgan fingerprint density at radius 1 is 1.20 bits per heavy atom. The van der Waals surface area contributed by atoms with Gasteiger partial charge in [0.05, 0.1) is 0 Å². The number of hydrogen-bond acceptors (Lipinski definition) is 2. The van der Waals surface area contributed by atoms with E-state index in [1.54, 1.807) is 0 Å². The minimum Gasteiger partial charge on any atom is -0.272 e. The van der Waals surface area contributed by atoms with Crippen LogP contribution in [0.1, 0.15) is 5.56 Å². The Hall–Kier alpha value is -1.62. The van der Waals surface area contributed by atoms with Crippen LogP contribution in [0.4, 0.5) is 0 Å². The molecule has 2 rings (SSSR count). The van der Waals surface area contributed by atoms with E-state index in [0.29, 0.717) is 11.3 Å². The smallest absolute Gasteiger partial charge is 0.272 e. The Labute approximate surface area is 91.6 Å². The molecule has 5 heteroatoms. The molecule has 1 aromatic carbocycles. The fourth-order valence-corrected chi connectivity index (χ4v) is 1.65. The summed E-state index contributed by atoms with van der Waals surface area (Å²) in [5.74, 6) is 0. The predicted octanol–water partition coefficient (Wildman–Crippen LogP) is 1.48. The molecule has 0 bridgehead atoms. The molecule has 0 saturated carbocycles. The van der Waals surface area contributed by atoms with Gasteiger partial charge in [-0.2, -0.15) is 0 Å². The summed E-state index contributed by atoms with van der Waals surface area (Å²) >= 11 is 4.96. The summed E-state index contributed by atoms with van der Waals surface area (Å²) in [6.07, 6.45) is 0.802. The van der Waals surface area contributed by atoms with Crippen molar-refractivity contribution in [2.75, 3.05) is 0 Å². The third-order valence-corrected chi connectivity index (χ3v) is 2.56. The maximum atomic E-state index is 11.3. The maximum Gasteiger partial charge on any atom is 0.342 e. The van der Waals surface area contributed by atoms with E-state index in [2.05, 4.69) is 10.2 Å². The lowest BCUT2D eigenvalue weighted by Gasteiger charge is -2.00. The summed E-state index contributed by atoms with van der Waals surface area (Å²) in [7, 11) is 0. The summed E-state index contributed by atoms with van der Waals surface area (Å²) < 4.78 is 1.96. The molecular weight excluding hydrogens is 210 g/mol. The molecule has 1 heterocycles. The highest BCUT2D eigenvalue weighted by Gasteiger charge is 1.99. The first-order valence-electron chi connectivity index (χ1n) is 4.69. The summed E-state index contributed by atoms with van der Waals surface area (Å²) in [6, 6.07) is 10.00. The van der Waals surface area contributed by atoms with E-state index in [4.69, 9.17) is 12.2 Å². The Kier molecular flexibility index (Phi) is 2.82. The zero-order valence-corrected chi connectivity index (χ0v) is 8.88. The number of aromatic amines is 2. The van der Waals surface area contributed by atoms with Gasteiger partial charge in [-0.05, 0) is 24.2 Å². The summed E-state index contributed by atoms with van der Waals surface area (Å²) in [5.41, 5.74) is 1.01. The summed E-state index contributed by atoms with van der Waals surface area (Å²) in [5, 5.41) is 5.06. The molecule has 0 fully saturated rings. The third kappa shape index (κ3) is 2.24. The largest absolute Gasteiger partial charge is 0.342 e. The average Bonchev–Trinajstić information content (AvgIpc) is 2.58. The zero-order chi connectivity index (χ0) is 10.7. The van der Waals surface area contributed by atoms with Crippen LogP contribution in [0.25, 0.3) is 0 Å². The molecule has 0 aliphatic rings. The number of nitrogens with one attached hydrogen (secondary N) is 2. The fraction of sp³-hybridized carbons (Fsp3) is 0.200. The number of aromatic nitrogens is 3. The van der Waals surface area contributed by atoms with Crippen LogP contribution in [0.3, 0.4) is 0 Å². The highest BCUT2D eigenvalue weighted by Crippen LogP contribution is 2.00. The first kappa shape index (κ1) is 9.92. The SMILES string of the molecule is O=c1[nH][nH]c(=S)n1CCc1ccccc1. The third-order valence-electron chi connectivity index (χ3n) is 2.23. The second-order valence-corrected chi connectivity index (χ2v) is 3.63. The average molecular weight is 221 g/mol. The van der Waals surface area contributed by atoms with E-state index in [0.717, 1.165) is 6.42 Å². The molecule has 0 unspecified atom stereocenters. The molecule has 0 atom stereocenters. The Morgan fingerprint density at radius 3 is 2.53 bits per heavy atom. The van der Waals surface area contributed by atoms with E-state index in [1.165, 1.54) is 10.1 Å². The second kappa shape index (κ2) is 4.27. The summed E-state index contributed by atoms with van der Waals surface area (Å²) in [6.45, 7) is 0.599. The highest BCUT2D eigenvalue weighted by atomic mass is 32.1. The van der Waals surface area contributed by atoms with Crippen LogP contribution in [0.2, 0.25) is 0 Å². The lowest BCUT2D eigenvalue weighted by atomic mass is 10.1. The van der Waals surface area contributed by atoms with Crippen LogP contribution in [0.15, 0.2) is 35.1 Å². The van der Waals surface area contributed by atoms with Gasteiger partial charge >= 0.3 is 5.69 Å². The molecule has 2 aromatic rings. The maximum absolute atomic E-state index is 11.3. The molecule has 0 spiro atoms. The first-order valence-corrected chi connectivity index (χ1v) is 5.09. The van der Waals surface area contributed by atoms with Gasteiger partial charge in [0.1, 0.15) is 0 Å². The number of H-pyrrole nitrogens is 2. The molecule has 0 aliphatic carbocycles. The quantitative estimate of drug-likeness (QED) is 0.771. The van der Waals surface area contributed by atoms with Gasteiger partial charge in [0.2, 0.25) is 0 Å². The topological polar surface area (TPSA) is 53.6 Å². The van der Waals surface area contributed by atoms with Crippen LogP contribution in [0, 0.1) is 4.77 Å². The molecular formula is C10H11N3OS. The second-order valence-electron chi connectivity index (χ2n) is 3.25. The standard InChI is InChI=1S/C10H11N3OS/c14-9-11-12-10(15)13(9)7-6-8-4-2-1-3-5-8/h1-5H,6-7H2,(H,11,14)(H,12,15). The van der Waals surface area contributed by atoms with Crippen molar-refractivity contribution in [1.29, 1.82) is 0 Å². The van der Waals surface area contributed by atoms with Crippen molar-refractivity contribution in [3.63, 3.8) is 0 Å². The van der Waals surface area contributed by atoms with Crippen molar-refractivity contribution in [1.82, 2.24) is 14.8 Å². The number of aryl methyl sites for hydroxylation is 1. The number of rotatable bonds is 3. The monoisotopic (exact) mass is 221 g/mol. The molecule has 0 aliphatic heterocycles. The highest BCUT2D eigenvalue weighted by molar-refractivity contribution is 7.71. The van der Waals surface area contributed by atoms with Crippen molar-refractivity contribution in [2.24, 2.45) is 0 Å². The van der Waals surface area contributed by atoms with Crippen molar-refractivity contribution >= 4 is 12.2 Å². The van der Waals surface area contributed by atoms with Gasteiger partial charge < -0.3 is 0 Å². The molecule has 78 valence electrons. The van der Waals surface area contributed by atoms with Crippen molar-refractivity contribution in [3.05, 3.63) is 51.2 Å². The zero-order valence-electron chi connectivity index (χ0n) is 8.06. The van der Waals surface area contributed by atoms with E-state index in [-0.39, 0.29) is 5.69 Å². The van der Waals surface area contributed by atoms with Gasteiger partial charge in [-0.3, -0.25) is 9.67 Å². The molecule has 0 amide bonds. The number of hydrogen-bond donors (Lipinski definition) is 2. The minimum atomic E-state index is -0.184. The van der Waals surface area contributed by atoms with Gasteiger partial charge in [0.15, 0.2) is 4.77 Å². The number of benzene rings is 1. The van der Waals surface area contributed by atoms with Crippen molar-refractivity contribution in [3.8, 4) is 0 Å². The van der Waals surface area contributed by atoms with Crippen molar-refractivity contribution in [2.45, 2.75) is 13.0 Å². The number of nitrogens with zero attached hydrogens (tertiary/aromatic N) is 1. The normalized spacial score (nSPS) is 10.4. The predicted molar refractivity (Wildman–Crippen MR) is 60.4 cm³/mol. The van der Waals surface area contributed by atoms with Crippen LogP contribution in [-0.2, 0) is 13.0 Å². The molecule has 0 radical (unpaired) electrons. The molecule has 0 saturated heterocycles. The first-order chi connectivity index (χ1) is 7.27. The lowest BCUT2D eigenvalue weighted by molar-refractivity contribution is 0.663. The molecule has 4 nitrogen and oxygen atoms in total. The molecule has 15 heavy (non-hydrogen) atoms. The van der Waals surface area contributed by atoms with E-state index in [1.807, 2.05) is 30.3 Å². The van der Waals surface area contributed by atoms with E-state index >= 15 is 0 Å². The van der Waals surface area contributed by atoms with Gasteiger partial charge in [-0.15, -0.1) is 0 Å². The van der Waals surface area contributed by atoms with Crippen LogP contribution in [-0.4, -0.2) is 14.8 Å². The van der Waals surface area contributed by atoms with Crippen molar-refractivity contribution < 1.29 is 0 Å². The van der Waals surface area contributed by atoms with Crippen LogP contribution < -0.4 is 5.69 Å². The van der Waals surface area contributed by atoms with E-state index < -0.39 is 0 Å². The Morgan fingerprint density at radius 2 is 1.93 bits per heavy atom. The van der Waals surface area contributed by atoms with Crippen LogP contribution >= 0.6 is 12.2 Å². The van der Waals surface area contributed by atoms with Gasteiger partial charge in [0.25, 0.3) is 0 Å². The minimum absolute atomic E-state index is 0.184. The van der Waals surface area contributed by atoms with E-state index in [9.17, 15) is 4.79 Å². The lowest BCUT2D eigenvalue weighted by Crippen LogP contribution is -2.18. The molecule has 1 aromatic heterocycles. The van der Waals surface area contributed by atoms with Gasteiger partial charge in [-0.25, -0.2) is 9.89 Å². The molecule has 2 N–H and O–H groups in total. The Bertz CT molecular complexity index is 510. The van der Waals surface area contributed by atoms with Crippen LogP contribution in [0.5, 0.6) is 0 Å². The Balaban J connectivity index is 2.12. The van der Waals surface area contributed by atoms with Gasteiger partial charge in [-0.1, -0.05) is 30.3 Å².